The number of piperazine rings is 1. The number of carbonyl (C=O) groups excluding carboxylic acids is 3. The van der Waals surface area contributed by atoms with E-state index in [0.717, 1.165) is 41.8 Å². The van der Waals surface area contributed by atoms with Gasteiger partial charge >= 0.3 is 5.97 Å². The molecule has 3 fully saturated rings. The van der Waals surface area contributed by atoms with Gasteiger partial charge in [0, 0.05) is 56.8 Å². The van der Waals surface area contributed by atoms with E-state index in [9.17, 15) is 29.1 Å². The van der Waals surface area contributed by atoms with E-state index in [4.69, 9.17) is 0 Å². The molecule has 3 aromatic rings. The summed E-state index contributed by atoms with van der Waals surface area (Å²) in [6.07, 6.45) is 5.30. The number of hydrogen-bond donors (Lipinski definition) is 1. The number of aromatic carboxylic acids is 1. The summed E-state index contributed by atoms with van der Waals surface area (Å²) in [5.74, 6) is -2.41. The quantitative estimate of drug-likeness (QED) is 0.363. The molecule has 44 heavy (non-hydrogen) atoms. The van der Waals surface area contributed by atoms with E-state index in [0.29, 0.717) is 48.7 Å². The third-order valence-electron chi connectivity index (χ3n) is 8.37. The van der Waals surface area contributed by atoms with Crippen molar-refractivity contribution < 1.29 is 28.7 Å². The average molecular weight is 619 g/mol. The van der Waals surface area contributed by atoms with Gasteiger partial charge in [0.05, 0.1) is 16.1 Å². The second-order valence-corrected chi connectivity index (χ2v) is 12.3. The lowest BCUT2D eigenvalue weighted by molar-refractivity contribution is -0.132. The van der Waals surface area contributed by atoms with Crippen LogP contribution in [-0.4, -0.2) is 75.2 Å². The number of aryl methyl sites for hydroxylation is 1. The van der Waals surface area contributed by atoms with E-state index in [1.54, 1.807) is 21.6 Å². The molecule has 0 atom stereocenters. The minimum Gasteiger partial charge on any atom is -0.477 e. The molecule has 3 heterocycles. The van der Waals surface area contributed by atoms with E-state index in [1.807, 2.05) is 36.1 Å². The Hall–Kier alpha value is -4.45. The van der Waals surface area contributed by atoms with Gasteiger partial charge in [-0.2, -0.15) is 0 Å². The summed E-state index contributed by atoms with van der Waals surface area (Å²) >= 11 is 0.903. The van der Waals surface area contributed by atoms with Gasteiger partial charge in [0.25, 0.3) is 11.1 Å². The second kappa shape index (κ2) is 11.9. The number of carboxylic acids is 1. The number of hydrogen-bond acceptors (Lipinski definition) is 7. The summed E-state index contributed by atoms with van der Waals surface area (Å²) in [5, 5.41) is 9.16. The van der Waals surface area contributed by atoms with Crippen LogP contribution in [0.1, 0.15) is 53.2 Å². The number of imide groups is 1. The number of pyridine rings is 1. The first kappa shape index (κ1) is 29.6. The summed E-state index contributed by atoms with van der Waals surface area (Å²) < 4.78 is 17.0. The standard InChI is InChI=1S/C32H31FN4O6S/c1-19-5-2-3-6-20(19)15-27-30(40)36(32(43)44-27)10-4-7-28(38)35-13-11-34(12-14-35)26-17-25-22(16-24(26)33)29(39)23(31(41)42)18-37(25)21-8-9-21/h2-3,5-6,15-18,21H,4,7-14H2,1H3,(H,41,42)/b27-15+. The lowest BCUT2D eigenvalue weighted by Crippen LogP contribution is -2.49. The number of carbonyl (C=O) groups is 4. The Morgan fingerprint density at radius 2 is 1.80 bits per heavy atom. The molecule has 1 aliphatic carbocycles. The molecule has 2 aliphatic heterocycles. The van der Waals surface area contributed by atoms with Crippen molar-refractivity contribution in [2.75, 3.05) is 37.6 Å². The van der Waals surface area contributed by atoms with Crippen LogP contribution in [0.25, 0.3) is 17.0 Å². The highest BCUT2D eigenvalue weighted by Gasteiger charge is 2.35. The molecule has 6 rings (SSSR count). The smallest absolute Gasteiger partial charge is 0.341 e. The van der Waals surface area contributed by atoms with Gasteiger partial charge in [-0.1, -0.05) is 24.3 Å². The number of anilines is 1. The average Bonchev–Trinajstić information content (AvgIpc) is 3.81. The van der Waals surface area contributed by atoms with Crippen molar-refractivity contribution in [1.82, 2.24) is 14.4 Å². The molecule has 1 saturated carbocycles. The van der Waals surface area contributed by atoms with Gasteiger partial charge in [0.1, 0.15) is 11.4 Å². The highest BCUT2D eigenvalue weighted by molar-refractivity contribution is 8.18. The summed E-state index contributed by atoms with van der Waals surface area (Å²) in [6.45, 7) is 3.57. The molecule has 0 unspecified atom stereocenters. The number of fused-ring (bicyclic) bond motifs is 1. The molecule has 3 amide bonds. The van der Waals surface area contributed by atoms with Gasteiger partial charge in [-0.05, 0) is 67.3 Å². The van der Waals surface area contributed by atoms with Crippen LogP contribution in [0.4, 0.5) is 14.9 Å². The maximum absolute atomic E-state index is 15.3. The first-order valence-electron chi connectivity index (χ1n) is 14.6. The molecule has 1 N–H and O–H groups in total. The van der Waals surface area contributed by atoms with Crippen LogP contribution in [0.5, 0.6) is 0 Å². The SMILES string of the molecule is Cc1ccccc1/C=C1/SC(=O)N(CCCC(=O)N2CCN(c3cc4c(cc3F)c(=O)c(C(=O)O)cn4C3CC3)CC2)C1=O. The van der Waals surface area contributed by atoms with Crippen molar-refractivity contribution in [1.29, 1.82) is 0 Å². The van der Waals surface area contributed by atoms with Crippen LogP contribution in [0.3, 0.4) is 0 Å². The fourth-order valence-electron chi connectivity index (χ4n) is 5.73. The molecule has 10 nitrogen and oxygen atoms in total. The van der Waals surface area contributed by atoms with Crippen LogP contribution < -0.4 is 10.3 Å². The third-order valence-corrected chi connectivity index (χ3v) is 9.27. The molecule has 2 saturated heterocycles. The van der Waals surface area contributed by atoms with Crippen LogP contribution in [-0.2, 0) is 9.59 Å². The van der Waals surface area contributed by atoms with E-state index >= 15 is 4.39 Å². The predicted octanol–water partition coefficient (Wildman–Crippen LogP) is 4.65. The zero-order valence-electron chi connectivity index (χ0n) is 24.1. The largest absolute Gasteiger partial charge is 0.477 e. The van der Waals surface area contributed by atoms with Crippen molar-refractivity contribution >= 4 is 57.5 Å². The Bertz CT molecular complexity index is 1790. The molecular weight excluding hydrogens is 587 g/mol. The Balaban J connectivity index is 1.06. The molecular formula is C32H31FN4O6S. The van der Waals surface area contributed by atoms with Crippen molar-refractivity contribution in [2.45, 2.75) is 38.6 Å². The fraction of sp³-hybridized carbons (Fsp3) is 0.344. The van der Waals surface area contributed by atoms with E-state index in [1.165, 1.54) is 11.1 Å². The number of amides is 3. The maximum atomic E-state index is 15.3. The van der Waals surface area contributed by atoms with Gasteiger partial charge in [0.2, 0.25) is 11.3 Å². The van der Waals surface area contributed by atoms with E-state index in [2.05, 4.69) is 0 Å². The lowest BCUT2D eigenvalue weighted by Gasteiger charge is -2.36. The number of benzene rings is 2. The second-order valence-electron chi connectivity index (χ2n) is 11.3. The Labute approximate surface area is 256 Å². The minimum atomic E-state index is -1.34. The highest BCUT2D eigenvalue weighted by atomic mass is 32.2. The molecule has 0 radical (unpaired) electrons. The normalized spacial score (nSPS) is 18.1. The Morgan fingerprint density at radius 1 is 1.07 bits per heavy atom. The van der Waals surface area contributed by atoms with Gasteiger partial charge in [-0.15, -0.1) is 0 Å². The number of nitrogens with zero attached hydrogens (tertiary/aromatic N) is 4. The van der Waals surface area contributed by atoms with Gasteiger partial charge in [-0.3, -0.25) is 24.1 Å². The van der Waals surface area contributed by atoms with E-state index in [-0.39, 0.29) is 47.0 Å². The van der Waals surface area contributed by atoms with Gasteiger partial charge < -0.3 is 19.5 Å². The molecule has 1 aromatic heterocycles. The zero-order chi connectivity index (χ0) is 31.1. The molecule has 0 spiro atoms. The van der Waals surface area contributed by atoms with Crippen LogP contribution in [0, 0.1) is 12.7 Å². The summed E-state index contributed by atoms with van der Waals surface area (Å²) in [4.78, 5) is 67.8. The molecule has 12 heteroatoms. The van der Waals surface area contributed by atoms with Crippen molar-refractivity contribution in [2.24, 2.45) is 0 Å². The summed E-state index contributed by atoms with van der Waals surface area (Å²) in [7, 11) is 0. The minimum absolute atomic E-state index is 0.0398. The molecule has 228 valence electrons. The lowest BCUT2D eigenvalue weighted by atomic mass is 10.1. The first-order chi connectivity index (χ1) is 21.1. The fourth-order valence-corrected chi connectivity index (χ4v) is 6.59. The van der Waals surface area contributed by atoms with Crippen LogP contribution in [0.2, 0.25) is 0 Å². The maximum Gasteiger partial charge on any atom is 0.341 e. The third kappa shape index (κ3) is 5.73. The zero-order valence-corrected chi connectivity index (χ0v) is 24.9. The summed E-state index contributed by atoms with van der Waals surface area (Å²) in [5.41, 5.74) is 1.60. The van der Waals surface area contributed by atoms with Crippen molar-refractivity contribution in [3.8, 4) is 0 Å². The Kier molecular flexibility index (Phi) is 8.02. The number of carboxylic acid groups (broad SMARTS) is 1. The molecule has 3 aliphatic rings. The first-order valence-corrected chi connectivity index (χ1v) is 15.4. The topological polar surface area (TPSA) is 120 Å². The van der Waals surface area contributed by atoms with Crippen molar-refractivity contribution in [3.63, 3.8) is 0 Å². The van der Waals surface area contributed by atoms with Crippen LogP contribution >= 0.6 is 11.8 Å². The highest BCUT2D eigenvalue weighted by Crippen LogP contribution is 2.38. The molecule has 2 aromatic carbocycles. The summed E-state index contributed by atoms with van der Waals surface area (Å²) in [6, 6.07) is 10.4. The number of aromatic nitrogens is 1. The number of thioether (sulfide) groups is 1. The van der Waals surface area contributed by atoms with E-state index < -0.39 is 17.2 Å². The Morgan fingerprint density at radius 3 is 2.48 bits per heavy atom. The van der Waals surface area contributed by atoms with Gasteiger partial charge in [0.15, 0.2) is 0 Å². The van der Waals surface area contributed by atoms with Crippen LogP contribution in [0.15, 0.2) is 52.3 Å². The van der Waals surface area contributed by atoms with Crippen molar-refractivity contribution in [3.05, 3.63) is 80.2 Å². The van der Waals surface area contributed by atoms with Gasteiger partial charge in [-0.25, -0.2) is 9.18 Å². The monoisotopic (exact) mass is 618 g/mol. The number of rotatable bonds is 8. The molecule has 0 bridgehead atoms. The number of halogens is 1. The predicted molar refractivity (Wildman–Crippen MR) is 165 cm³/mol.